The molecule has 0 saturated carbocycles. The Labute approximate surface area is 147 Å². The Bertz CT molecular complexity index is 754. The molecule has 1 aliphatic heterocycles. The highest BCUT2D eigenvalue weighted by Crippen LogP contribution is 2.32. The van der Waals surface area contributed by atoms with Gasteiger partial charge in [-0.3, -0.25) is 0 Å². The van der Waals surface area contributed by atoms with E-state index in [1.807, 2.05) is 25.7 Å². The van der Waals surface area contributed by atoms with Crippen LogP contribution in [-0.2, 0) is 0 Å². The number of carbonyl (C=O) groups is 1. The van der Waals surface area contributed by atoms with Crippen molar-refractivity contribution < 1.29 is 4.79 Å². The molecule has 2 amide bonds. The van der Waals surface area contributed by atoms with E-state index in [0.29, 0.717) is 0 Å². The summed E-state index contributed by atoms with van der Waals surface area (Å²) in [6.07, 6.45) is 0. The van der Waals surface area contributed by atoms with E-state index in [-0.39, 0.29) is 11.6 Å². The van der Waals surface area contributed by atoms with Crippen molar-refractivity contribution in [3.05, 3.63) is 23.3 Å². The first-order chi connectivity index (χ1) is 11.2. The van der Waals surface area contributed by atoms with Crippen LogP contribution < -0.4 is 10.2 Å². The molecule has 130 valence electrons. The van der Waals surface area contributed by atoms with Crippen LogP contribution in [0.4, 0.5) is 9.93 Å². The molecular formula is C18H26N4OS. The number of fused-ring (bicyclic) bond motifs is 1. The molecule has 0 unspecified atom stereocenters. The van der Waals surface area contributed by atoms with Gasteiger partial charge < -0.3 is 15.1 Å². The van der Waals surface area contributed by atoms with Crippen molar-refractivity contribution in [3.8, 4) is 0 Å². The number of thiazole rings is 1. The highest BCUT2D eigenvalue weighted by atomic mass is 32.1. The molecule has 3 rings (SSSR count). The van der Waals surface area contributed by atoms with Gasteiger partial charge in [-0.05, 0) is 51.8 Å². The van der Waals surface area contributed by atoms with Crippen LogP contribution in [0.2, 0.25) is 0 Å². The highest BCUT2D eigenvalue weighted by molar-refractivity contribution is 7.22. The Morgan fingerprint density at radius 1 is 1.17 bits per heavy atom. The summed E-state index contributed by atoms with van der Waals surface area (Å²) in [5, 5.41) is 4.10. The van der Waals surface area contributed by atoms with Gasteiger partial charge in [0.25, 0.3) is 0 Å². The Balaban J connectivity index is 1.69. The van der Waals surface area contributed by atoms with Crippen LogP contribution >= 0.6 is 11.3 Å². The minimum Gasteiger partial charge on any atom is -0.345 e. The van der Waals surface area contributed by atoms with Crippen molar-refractivity contribution in [3.63, 3.8) is 0 Å². The molecule has 1 fully saturated rings. The van der Waals surface area contributed by atoms with E-state index >= 15 is 0 Å². The third-order valence-electron chi connectivity index (χ3n) is 4.13. The van der Waals surface area contributed by atoms with Crippen molar-refractivity contribution in [2.45, 2.75) is 40.2 Å². The fraction of sp³-hybridized carbons (Fsp3) is 0.556. The normalized spacial score (nSPS) is 15.9. The topological polar surface area (TPSA) is 48.5 Å². The molecule has 24 heavy (non-hydrogen) atoms. The molecule has 5 nitrogen and oxygen atoms in total. The zero-order chi connectivity index (χ0) is 17.5. The van der Waals surface area contributed by atoms with Gasteiger partial charge in [0.2, 0.25) is 0 Å². The number of rotatable bonds is 1. The molecule has 0 atom stereocenters. The maximum absolute atomic E-state index is 12.3. The summed E-state index contributed by atoms with van der Waals surface area (Å²) in [6, 6.07) is 4.38. The largest absolute Gasteiger partial charge is 0.345 e. The van der Waals surface area contributed by atoms with Crippen molar-refractivity contribution in [1.29, 1.82) is 0 Å². The first kappa shape index (κ1) is 17.0. The Kier molecular flexibility index (Phi) is 4.42. The minimum atomic E-state index is -0.198. The second-order valence-corrected chi connectivity index (χ2v) is 8.56. The number of hydrogen-bond donors (Lipinski definition) is 1. The zero-order valence-electron chi connectivity index (χ0n) is 15.1. The maximum Gasteiger partial charge on any atom is 0.317 e. The lowest BCUT2D eigenvalue weighted by Crippen LogP contribution is -2.55. The molecule has 1 saturated heterocycles. The van der Waals surface area contributed by atoms with Gasteiger partial charge in [-0.1, -0.05) is 17.4 Å². The maximum atomic E-state index is 12.3. The third kappa shape index (κ3) is 3.64. The van der Waals surface area contributed by atoms with Crippen LogP contribution in [0.3, 0.4) is 0 Å². The van der Waals surface area contributed by atoms with E-state index in [4.69, 9.17) is 4.98 Å². The van der Waals surface area contributed by atoms with Crippen molar-refractivity contribution in [1.82, 2.24) is 15.2 Å². The smallest absolute Gasteiger partial charge is 0.317 e. The summed E-state index contributed by atoms with van der Waals surface area (Å²) in [7, 11) is 0. The summed E-state index contributed by atoms with van der Waals surface area (Å²) < 4.78 is 1.27. The lowest BCUT2D eigenvalue weighted by atomic mass is 10.1. The number of benzene rings is 1. The van der Waals surface area contributed by atoms with Crippen LogP contribution in [0, 0.1) is 13.8 Å². The molecule has 1 aliphatic rings. The molecule has 1 aromatic carbocycles. The lowest BCUT2D eigenvalue weighted by molar-refractivity contribution is 0.185. The average molecular weight is 347 g/mol. The standard InChI is InChI=1S/C18H26N4OS/c1-12-10-13(2)15-14(11-12)19-17(24-15)22-8-6-21(7-9-22)16(23)20-18(3,4)5/h10-11H,6-9H2,1-5H3,(H,20,23). The van der Waals surface area contributed by atoms with Crippen molar-refractivity contribution >= 4 is 32.7 Å². The predicted octanol–water partition coefficient (Wildman–Crippen LogP) is 3.54. The highest BCUT2D eigenvalue weighted by Gasteiger charge is 2.25. The number of hydrogen-bond acceptors (Lipinski definition) is 4. The molecule has 0 spiro atoms. The number of piperazine rings is 1. The monoisotopic (exact) mass is 346 g/mol. The first-order valence-corrected chi connectivity index (χ1v) is 9.24. The van der Waals surface area contributed by atoms with Gasteiger partial charge in [-0.15, -0.1) is 0 Å². The van der Waals surface area contributed by atoms with Gasteiger partial charge in [-0.2, -0.15) is 0 Å². The van der Waals surface area contributed by atoms with E-state index in [0.717, 1.165) is 36.8 Å². The molecule has 0 bridgehead atoms. The van der Waals surface area contributed by atoms with Crippen LogP contribution in [0.15, 0.2) is 12.1 Å². The zero-order valence-corrected chi connectivity index (χ0v) is 16.0. The van der Waals surface area contributed by atoms with Gasteiger partial charge in [0.1, 0.15) is 0 Å². The minimum absolute atomic E-state index is 0.0259. The Hall–Kier alpha value is -1.82. The van der Waals surface area contributed by atoms with E-state index in [1.165, 1.54) is 15.8 Å². The molecule has 0 aliphatic carbocycles. The van der Waals surface area contributed by atoms with Crippen LogP contribution in [0.25, 0.3) is 10.2 Å². The molecule has 1 aromatic heterocycles. The van der Waals surface area contributed by atoms with Crippen molar-refractivity contribution in [2.24, 2.45) is 0 Å². The number of urea groups is 1. The summed E-state index contributed by atoms with van der Waals surface area (Å²) in [4.78, 5) is 21.3. The van der Waals surface area contributed by atoms with E-state index in [9.17, 15) is 4.79 Å². The summed E-state index contributed by atoms with van der Waals surface area (Å²) in [6.45, 7) is 13.4. The summed E-state index contributed by atoms with van der Waals surface area (Å²) in [5.41, 5.74) is 3.43. The summed E-state index contributed by atoms with van der Waals surface area (Å²) in [5.74, 6) is 0. The van der Waals surface area contributed by atoms with E-state index < -0.39 is 0 Å². The summed E-state index contributed by atoms with van der Waals surface area (Å²) >= 11 is 1.75. The molecule has 0 radical (unpaired) electrons. The Morgan fingerprint density at radius 2 is 1.83 bits per heavy atom. The average Bonchev–Trinajstić information content (AvgIpc) is 2.90. The number of aromatic nitrogens is 1. The second-order valence-electron chi connectivity index (χ2n) is 7.58. The fourth-order valence-electron chi connectivity index (χ4n) is 3.00. The molecular weight excluding hydrogens is 320 g/mol. The fourth-order valence-corrected chi connectivity index (χ4v) is 4.07. The number of nitrogens with zero attached hydrogens (tertiary/aromatic N) is 3. The molecule has 1 N–H and O–H groups in total. The van der Waals surface area contributed by atoms with Gasteiger partial charge >= 0.3 is 6.03 Å². The number of carbonyl (C=O) groups excluding carboxylic acids is 1. The first-order valence-electron chi connectivity index (χ1n) is 8.43. The second kappa shape index (κ2) is 6.24. The lowest BCUT2D eigenvalue weighted by Gasteiger charge is -2.36. The molecule has 2 heterocycles. The van der Waals surface area contributed by atoms with E-state index in [1.54, 1.807) is 11.3 Å². The number of anilines is 1. The SMILES string of the molecule is Cc1cc(C)c2sc(N3CCN(C(=O)NC(C)(C)C)CC3)nc2c1. The van der Waals surface area contributed by atoms with Gasteiger partial charge in [0, 0.05) is 31.7 Å². The molecule has 6 heteroatoms. The van der Waals surface area contributed by atoms with Crippen LogP contribution in [0.1, 0.15) is 31.9 Å². The van der Waals surface area contributed by atoms with Crippen LogP contribution in [-0.4, -0.2) is 47.6 Å². The Morgan fingerprint density at radius 3 is 2.46 bits per heavy atom. The number of amides is 2. The quantitative estimate of drug-likeness (QED) is 0.859. The number of aryl methyl sites for hydroxylation is 2. The third-order valence-corrected chi connectivity index (χ3v) is 5.40. The van der Waals surface area contributed by atoms with Gasteiger partial charge in [0.05, 0.1) is 10.2 Å². The molecule has 2 aromatic rings. The van der Waals surface area contributed by atoms with E-state index in [2.05, 4.69) is 36.2 Å². The predicted molar refractivity (Wildman–Crippen MR) is 101 cm³/mol. The van der Waals surface area contributed by atoms with Gasteiger partial charge in [0.15, 0.2) is 5.13 Å². The van der Waals surface area contributed by atoms with Crippen molar-refractivity contribution in [2.75, 3.05) is 31.1 Å². The van der Waals surface area contributed by atoms with Crippen LogP contribution in [0.5, 0.6) is 0 Å². The van der Waals surface area contributed by atoms with Gasteiger partial charge in [-0.25, -0.2) is 9.78 Å². The number of nitrogens with one attached hydrogen (secondary N) is 1.